The number of carbonyl (C=O) groups excluding carboxylic acids is 2. The van der Waals surface area contributed by atoms with Gasteiger partial charge in [-0.2, -0.15) is 0 Å². The monoisotopic (exact) mass is 415 g/mol. The normalized spacial score (nSPS) is 13.5. The van der Waals surface area contributed by atoms with Crippen molar-refractivity contribution in [3.8, 4) is 0 Å². The van der Waals surface area contributed by atoms with E-state index in [1.165, 1.54) is 18.5 Å². The highest BCUT2D eigenvalue weighted by atomic mass is 79.9. The third-order valence-electron chi connectivity index (χ3n) is 4.41. The molecule has 1 aliphatic heterocycles. The van der Waals surface area contributed by atoms with E-state index in [2.05, 4.69) is 37.5 Å². The predicted octanol–water partition coefficient (Wildman–Crippen LogP) is 3.10. The largest absolute Gasteiger partial charge is 0.371 e. The molecule has 0 bridgehead atoms. The van der Waals surface area contributed by atoms with Crippen LogP contribution in [0, 0.1) is 0 Å². The second-order valence-corrected chi connectivity index (χ2v) is 7.21. The number of halogens is 1. The summed E-state index contributed by atoms with van der Waals surface area (Å²) in [5.74, 6) is -0.469. The van der Waals surface area contributed by atoms with Gasteiger partial charge in [-0.15, -0.1) is 0 Å². The lowest BCUT2D eigenvalue weighted by molar-refractivity contribution is -0.120. The van der Waals surface area contributed by atoms with Crippen LogP contribution in [-0.4, -0.2) is 31.4 Å². The lowest BCUT2D eigenvalue weighted by atomic mass is 10.1. The summed E-state index contributed by atoms with van der Waals surface area (Å²) in [5, 5.41) is 5.54. The Morgan fingerprint density at radius 2 is 1.77 bits per heavy atom. The van der Waals surface area contributed by atoms with Crippen molar-refractivity contribution < 1.29 is 9.59 Å². The van der Waals surface area contributed by atoms with Gasteiger partial charge in [0.2, 0.25) is 5.91 Å². The van der Waals surface area contributed by atoms with E-state index >= 15 is 0 Å². The van der Waals surface area contributed by atoms with Crippen LogP contribution in [0.1, 0.15) is 28.8 Å². The van der Waals surface area contributed by atoms with Crippen molar-refractivity contribution in [1.82, 2.24) is 10.6 Å². The number of para-hydroxylation sites is 1. The van der Waals surface area contributed by atoms with E-state index < -0.39 is 0 Å². The predicted molar refractivity (Wildman–Crippen MR) is 106 cm³/mol. The molecule has 0 aliphatic carbocycles. The first-order valence-electron chi connectivity index (χ1n) is 8.77. The van der Waals surface area contributed by atoms with Gasteiger partial charge in [0.25, 0.3) is 5.91 Å². The summed E-state index contributed by atoms with van der Waals surface area (Å²) in [6.45, 7) is 2.54. The second kappa shape index (κ2) is 8.85. The van der Waals surface area contributed by atoms with Gasteiger partial charge in [0.15, 0.2) is 0 Å². The van der Waals surface area contributed by atoms with Crippen LogP contribution in [0.3, 0.4) is 0 Å². The molecule has 0 unspecified atom stereocenters. The Kier molecular flexibility index (Phi) is 6.28. The molecule has 1 heterocycles. The summed E-state index contributed by atoms with van der Waals surface area (Å²) >= 11 is 3.33. The maximum Gasteiger partial charge on any atom is 0.251 e. The van der Waals surface area contributed by atoms with E-state index in [0.717, 1.165) is 23.1 Å². The van der Waals surface area contributed by atoms with Crippen molar-refractivity contribution in [3.63, 3.8) is 0 Å². The number of hydrogen-bond acceptors (Lipinski definition) is 3. The van der Waals surface area contributed by atoms with E-state index in [0.29, 0.717) is 12.1 Å². The van der Waals surface area contributed by atoms with Gasteiger partial charge in [-0.1, -0.05) is 40.2 Å². The average Bonchev–Trinajstić information content (AvgIpc) is 3.19. The molecule has 3 rings (SSSR count). The van der Waals surface area contributed by atoms with Crippen LogP contribution < -0.4 is 15.5 Å². The van der Waals surface area contributed by atoms with E-state index in [-0.39, 0.29) is 18.4 Å². The third kappa shape index (κ3) is 4.85. The van der Waals surface area contributed by atoms with Gasteiger partial charge >= 0.3 is 0 Å². The third-order valence-corrected chi connectivity index (χ3v) is 4.90. The Morgan fingerprint density at radius 1 is 1.00 bits per heavy atom. The van der Waals surface area contributed by atoms with Gasteiger partial charge in [-0.25, -0.2) is 0 Å². The molecule has 2 aromatic rings. The minimum Gasteiger partial charge on any atom is -0.371 e. The molecule has 26 heavy (non-hydrogen) atoms. The first-order chi connectivity index (χ1) is 12.6. The highest BCUT2D eigenvalue weighted by molar-refractivity contribution is 9.10. The first kappa shape index (κ1) is 18.5. The van der Waals surface area contributed by atoms with Gasteiger partial charge in [-0.05, 0) is 42.7 Å². The fourth-order valence-electron chi connectivity index (χ4n) is 3.08. The molecule has 0 radical (unpaired) electrons. The Balaban J connectivity index is 1.51. The van der Waals surface area contributed by atoms with Crippen LogP contribution in [0.4, 0.5) is 5.69 Å². The SMILES string of the molecule is O=C(CNC(=O)c1cccc(Br)c1)NCc1ccccc1N1CCCC1. The van der Waals surface area contributed by atoms with E-state index in [1.54, 1.807) is 18.2 Å². The van der Waals surface area contributed by atoms with E-state index in [4.69, 9.17) is 0 Å². The average molecular weight is 416 g/mol. The van der Waals surface area contributed by atoms with Crippen LogP contribution in [-0.2, 0) is 11.3 Å². The lowest BCUT2D eigenvalue weighted by Crippen LogP contribution is -2.36. The molecule has 0 aromatic heterocycles. The summed E-state index contributed by atoms with van der Waals surface area (Å²) < 4.78 is 0.827. The van der Waals surface area contributed by atoms with Crippen molar-refractivity contribution >= 4 is 33.4 Å². The van der Waals surface area contributed by atoms with Crippen molar-refractivity contribution in [2.24, 2.45) is 0 Å². The molecule has 1 aliphatic rings. The molecule has 0 saturated carbocycles. The van der Waals surface area contributed by atoms with Crippen LogP contribution in [0.25, 0.3) is 0 Å². The Bertz CT molecular complexity index is 788. The number of carbonyl (C=O) groups is 2. The minimum absolute atomic E-state index is 0.0444. The molecular weight excluding hydrogens is 394 g/mol. The van der Waals surface area contributed by atoms with Gasteiger partial charge in [0.05, 0.1) is 6.54 Å². The summed E-state index contributed by atoms with van der Waals surface area (Å²) in [5.41, 5.74) is 2.80. The summed E-state index contributed by atoms with van der Waals surface area (Å²) in [7, 11) is 0. The van der Waals surface area contributed by atoms with Crippen LogP contribution >= 0.6 is 15.9 Å². The molecule has 2 aromatic carbocycles. The number of benzene rings is 2. The molecule has 6 heteroatoms. The molecule has 2 N–H and O–H groups in total. The lowest BCUT2D eigenvalue weighted by Gasteiger charge is -2.21. The number of nitrogens with one attached hydrogen (secondary N) is 2. The zero-order valence-corrected chi connectivity index (χ0v) is 16.1. The van der Waals surface area contributed by atoms with Crippen molar-refractivity contribution in [3.05, 3.63) is 64.1 Å². The van der Waals surface area contributed by atoms with E-state index in [1.807, 2.05) is 24.3 Å². The second-order valence-electron chi connectivity index (χ2n) is 6.29. The fraction of sp³-hybridized carbons (Fsp3) is 0.300. The van der Waals surface area contributed by atoms with Crippen LogP contribution in [0.2, 0.25) is 0 Å². The highest BCUT2D eigenvalue weighted by Gasteiger charge is 2.15. The Morgan fingerprint density at radius 3 is 2.54 bits per heavy atom. The maximum absolute atomic E-state index is 12.1. The first-order valence-corrected chi connectivity index (χ1v) is 9.56. The molecule has 0 spiro atoms. The number of nitrogens with zero attached hydrogens (tertiary/aromatic N) is 1. The fourth-order valence-corrected chi connectivity index (χ4v) is 3.47. The molecular formula is C20H22BrN3O2. The maximum atomic E-state index is 12.1. The van der Waals surface area contributed by atoms with Gasteiger partial charge in [0, 0.05) is 35.4 Å². The van der Waals surface area contributed by atoms with Gasteiger partial charge in [0.1, 0.15) is 0 Å². The standard InChI is InChI=1S/C20H22BrN3O2/c21-17-8-5-7-15(12-17)20(26)23-14-19(25)22-13-16-6-1-2-9-18(16)24-10-3-4-11-24/h1-2,5-9,12H,3-4,10-11,13-14H2,(H,22,25)(H,23,26). The number of amides is 2. The number of rotatable bonds is 6. The summed E-state index contributed by atoms with van der Waals surface area (Å²) in [6, 6.07) is 15.2. The quantitative estimate of drug-likeness (QED) is 0.761. The summed E-state index contributed by atoms with van der Waals surface area (Å²) in [4.78, 5) is 26.5. The molecule has 5 nitrogen and oxygen atoms in total. The van der Waals surface area contributed by atoms with Crippen LogP contribution in [0.15, 0.2) is 53.0 Å². The molecule has 1 fully saturated rings. The zero-order chi connectivity index (χ0) is 18.4. The summed E-state index contributed by atoms with van der Waals surface area (Å²) in [6.07, 6.45) is 2.42. The molecule has 0 atom stereocenters. The molecule has 1 saturated heterocycles. The number of hydrogen-bond donors (Lipinski definition) is 2. The minimum atomic E-state index is -0.265. The smallest absolute Gasteiger partial charge is 0.251 e. The van der Waals surface area contributed by atoms with Crippen LogP contribution in [0.5, 0.6) is 0 Å². The zero-order valence-electron chi connectivity index (χ0n) is 14.5. The Labute approximate surface area is 161 Å². The Hall–Kier alpha value is -2.34. The topological polar surface area (TPSA) is 61.4 Å². The van der Waals surface area contributed by atoms with Crippen molar-refractivity contribution in [2.75, 3.05) is 24.5 Å². The van der Waals surface area contributed by atoms with E-state index in [9.17, 15) is 9.59 Å². The van der Waals surface area contributed by atoms with Gasteiger partial charge in [-0.3, -0.25) is 9.59 Å². The number of anilines is 1. The molecule has 2 amide bonds. The van der Waals surface area contributed by atoms with Crippen molar-refractivity contribution in [2.45, 2.75) is 19.4 Å². The highest BCUT2D eigenvalue weighted by Crippen LogP contribution is 2.24. The van der Waals surface area contributed by atoms with Gasteiger partial charge < -0.3 is 15.5 Å². The molecule has 136 valence electrons. The van der Waals surface area contributed by atoms with Crippen molar-refractivity contribution in [1.29, 1.82) is 0 Å².